The minimum atomic E-state index is 0.489. The third-order valence-electron chi connectivity index (χ3n) is 3.17. The van der Waals surface area contributed by atoms with Gasteiger partial charge in [-0.15, -0.1) is 0 Å². The number of hydrogen-bond donors (Lipinski definition) is 1. The maximum atomic E-state index is 5.93. The quantitative estimate of drug-likeness (QED) is 0.766. The lowest BCUT2D eigenvalue weighted by atomic mass is 10.0. The Kier molecular flexibility index (Phi) is 4.25. The molecule has 1 unspecified atom stereocenters. The molecule has 17 heavy (non-hydrogen) atoms. The molecule has 0 spiro atoms. The maximum absolute atomic E-state index is 5.93. The van der Waals surface area contributed by atoms with Gasteiger partial charge in [-0.05, 0) is 50.3 Å². The molecule has 92 valence electrons. The summed E-state index contributed by atoms with van der Waals surface area (Å²) in [7, 11) is 0. The van der Waals surface area contributed by atoms with Gasteiger partial charge in [0.05, 0.1) is 0 Å². The van der Waals surface area contributed by atoms with Crippen molar-refractivity contribution >= 4 is 11.6 Å². The van der Waals surface area contributed by atoms with Crippen LogP contribution in [0, 0.1) is 5.92 Å². The van der Waals surface area contributed by atoms with Crippen molar-refractivity contribution in [2.45, 2.75) is 32.7 Å². The van der Waals surface area contributed by atoms with Crippen LogP contribution in [0.2, 0.25) is 5.02 Å². The minimum absolute atomic E-state index is 0.489. The molecule has 1 nitrogen and oxygen atoms in total. The second-order valence-corrected chi connectivity index (χ2v) is 5.49. The van der Waals surface area contributed by atoms with Crippen LogP contribution in [-0.2, 0) is 0 Å². The van der Waals surface area contributed by atoms with Crippen LogP contribution in [-0.4, -0.2) is 6.54 Å². The summed E-state index contributed by atoms with van der Waals surface area (Å²) in [6, 6.07) is 8.73. The average molecular weight is 250 g/mol. The molecule has 1 aromatic rings. The van der Waals surface area contributed by atoms with Gasteiger partial charge >= 0.3 is 0 Å². The smallest absolute Gasteiger partial charge is 0.0406 e. The fourth-order valence-electron chi connectivity index (χ4n) is 2.05. The zero-order chi connectivity index (χ0) is 12.3. The van der Waals surface area contributed by atoms with Crippen LogP contribution in [0.1, 0.15) is 38.3 Å². The summed E-state index contributed by atoms with van der Waals surface area (Å²) in [4.78, 5) is 0. The summed E-state index contributed by atoms with van der Waals surface area (Å²) >= 11 is 5.93. The second-order valence-electron chi connectivity index (χ2n) is 5.06. The van der Waals surface area contributed by atoms with E-state index in [1.165, 1.54) is 24.0 Å². The van der Waals surface area contributed by atoms with Crippen molar-refractivity contribution in [2.75, 3.05) is 6.54 Å². The Morgan fingerprint density at radius 3 is 2.53 bits per heavy atom. The Morgan fingerprint density at radius 1 is 1.35 bits per heavy atom. The molecule has 1 aliphatic carbocycles. The molecule has 2 heteroatoms. The summed E-state index contributed by atoms with van der Waals surface area (Å²) < 4.78 is 0. The maximum Gasteiger partial charge on any atom is 0.0406 e. The van der Waals surface area contributed by atoms with Gasteiger partial charge in [0, 0.05) is 17.6 Å². The largest absolute Gasteiger partial charge is 0.306 e. The number of benzene rings is 1. The highest BCUT2D eigenvalue weighted by Gasteiger charge is 2.31. The van der Waals surface area contributed by atoms with E-state index in [0.29, 0.717) is 6.04 Å². The van der Waals surface area contributed by atoms with Crippen molar-refractivity contribution in [3.8, 4) is 0 Å². The van der Waals surface area contributed by atoms with Crippen LogP contribution in [0.25, 0.3) is 0 Å². The minimum Gasteiger partial charge on any atom is -0.306 e. The van der Waals surface area contributed by atoms with Gasteiger partial charge in [-0.25, -0.2) is 0 Å². The first kappa shape index (κ1) is 12.7. The van der Waals surface area contributed by atoms with Crippen molar-refractivity contribution in [1.29, 1.82) is 0 Å². The lowest BCUT2D eigenvalue weighted by Crippen LogP contribution is -2.23. The molecule has 1 aliphatic rings. The zero-order valence-corrected chi connectivity index (χ0v) is 11.3. The summed E-state index contributed by atoms with van der Waals surface area (Å²) in [5, 5.41) is 4.44. The summed E-state index contributed by atoms with van der Waals surface area (Å²) in [5.41, 5.74) is 2.72. The normalized spacial score (nSPS) is 16.6. The Bertz CT molecular complexity index is 386. The van der Waals surface area contributed by atoms with E-state index < -0.39 is 0 Å². The highest BCUT2D eigenvalue weighted by molar-refractivity contribution is 6.30. The topological polar surface area (TPSA) is 12.0 Å². The van der Waals surface area contributed by atoms with Crippen LogP contribution in [0.15, 0.2) is 35.9 Å². The van der Waals surface area contributed by atoms with Crippen molar-refractivity contribution in [1.82, 2.24) is 5.32 Å². The fraction of sp³-hybridized carbons (Fsp3) is 0.467. The molecule has 1 atom stereocenters. The number of allylic oxidation sites excluding steroid dienone is 1. The molecule has 0 amide bonds. The molecule has 0 heterocycles. The van der Waals surface area contributed by atoms with E-state index in [0.717, 1.165) is 17.5 Å². The molecule has 1 N–H and O–H groups in total. The van der Waals surface area contributed by atoms with Crippen molar-refractivity contribution in [3.63, 3.8) is 0 Å². The van der Waals surface area contributed by atoms with E-state index in [1.54, 1.807) is 0 Å². The lowest BCUT2D eigenvalue weighted by molar-refractivity contribution is 0.507. The Morgan fingerprint density at radius 2 is 2.00 bits per heavy atom. The number of rotatable bonds is 5. The third-order valence-corrected chi connectivity index (χ3v) is 3.42. The van der Waals surface area contributed by atoms with Gasteiger partial charge in [0.15, 0.2) is 0 Å². The van der Waals surface area contributed by atoms with Crippen molar-refractivity contribution in [2.24, 2.45) is 5.92 Å². The van der Waals surface area contributed by atoms with Gasteiger partial charge in [-0.2, -0.15) is 0 Å². The van der Waals surface area contributed by atoms with Crippen molar-refractivity contribution < 1.29 is 0 Å². The summed E-state index contributed by atoms with van der Waals surface area (Å²) in [5.74, 6) is 0.807. The van der Waals surface area contributed by atoms with Gasteiger partial charge in [0.25, 0.3) is 0 Å². The van der Waals surface area contributed by atoms with Gasteiger partial charge in [0.1, 0.15) is 0 Å². The van der Waals surface area contributed by atoms with E-state index in [-0.39, 0.29) is 0 Å². The zero-order valence-electron chi connectivity index (χ0n) is 10.5. The third kappa shape index (κ3) is 3.86. The second kappa shape index (κ2) is 5.70. The lowest BCUT2D eigenvalue weighted by Gasteiger charge is -2.18. The van der Waals surface area contributed by atoms with Crippen LogP contribution < -0.4 is 5.32 Å². The fourth-order valence-corrected chi connectivity index (χ4v) is 2.17. The molecule has 0 bridgehead atoms. The highest BCUT2D eigenvalue weighted by Crippen LogP contribution is 2.41. The Labute approximate surface area is 109 Å². The van der Waals surface area contributed by atoms with Crippen LogP contribution in [0.4, 0.5) is 0 Å². The highest BCUT2D eigenvalue weighted by atomic mass is 35.5. The van der Waals surface area contributed by atoms with Gasteiger partial charge < -0.3 is 5.32 Å². The first-order valence-corrected chi connectivity index (χ1v) is 6.67. The van der Waals surface area contributed by atoms with Crippen LogP contribution in [0.3, 0.4) is 0 Å². The molecule has 0 radical (unpaired) electrons. The Balaban J connectivity index is 2.01. The standard InChI is InChI=1S/C15H20ClN/c1-11(2)9-10-17-15(12-3-4-12)13-5-7-14(16)8-6-13/h5-9,12,15,17H,3-4,10H2,1-2H3. The van der Waals surface area contributed by atoms with Gasteiger partial charge in [-0.1, -0.05) is 35.4 Å². The first-order chi connectivity index (χ1) is 8.16. The molecule has 2 rings (SSSR count). The molecular formula is C15H20ClN. The Hall–Kier alpha value is -0.790. The molecule has 1 aromatic carbocycles. The van der Waals surface area contributed by atoms with E-state index in [1.807, 2.05) is 12.1 Å². The number of hydrogen-bond acceptors (Lipinski definition) is 1. The van der Waals surface area contributed by atoms with Gasteiger partial charge in [-0.3, -0.25) is 0 Å². The molecule has 1 fully saturated rings. The predicted octanol–water partition coefficient (Wildman–Crippen LogP) is 4.35. The molecule has 1 saturated carbocycles. The molecule has 0 saturated heterocycles. The average Bonchev–Trinajstić information content (AvgIpc) is 3.10. The number of halogens is 1. The van der Waals surface area contributed by atoms with E-state index in [9.17, 15) is 0 Å². The summed E-state index contributed by atoms with van der Waals surface area (Å²) in [6.45, 7) is 5.22. The predicted molar refractivity (Wildman–Crippen MR) is 74.4 cm³/mol. The van der Waals surface area contributed by atoms with Gasteiger partial charge in [0.2, 0.25) is 0 Å². The van der Waals surface area contributed by atoms with E-state index >= 15 is 0 Å². The number of nitrogens with one attached hydrogen (secondary N) is 1. The van der Waals surface area contributed by atoms with E-state index in [2.05, 4.69) is 37.4 Å². The molecule has 0 aromatic heterocycles. The molecular weight excluding hydrogens is 230 g/mol. The van der Waals surface area contributed by atoms with Crippen LogP contribution in [0.5, 0.6) is 0 Å². The first-order valence-electron chi connectivity index (χ1n) is 6.29. The SMILES string of the molecule is CC(C)=CCNC(c1ccc(Cl)cc1)C1CC1. The monoisotopic (exact) mass is 249 g/mol. The van der Waals surface area contributed by atoms with Crippen molar-refractivity contribution in [3.05, 3.63) is 46.5 Å². The molecule has 0 aliphatic heterocycles. The van der Waals surface area contributed by atoms with E-state index in [4.69, 9.17) is 11.6 Å². The summed E-state index contributed by atoms with van der Waals surface area (Å²) in [6.07, 6.45) is 4.93. The van der Waals surface area contributed by atoms with Crippen LogP contribution >= 0.6 is 11.6 Å².